The number of nitrogens with one attached hydrogen (secondary N) is 1. The third kappa shape index (κ3) is 1.96. The Morgan fingerprint density at radius 2 is 2.12 bits per heavy atom. The monoisotopic (exact) mass is 368 g/mol. The van der Waals surface area contributed by atoms with Crippen molar-refractivity contribution in [1.82, 2.24) is 10.2 Å². The largest absolute Gasteiger partial charge is 0.744 e. The van der Waals surface area contributed by atoms with Crippen LogP contribution in [0.15, 0.2) is 4.99 Å². The molecule has 4 atom stereocenters. The van der Waals surface area contributed by atoms with Crippen LogP contribution in [0.1, 0.15) is 0 Å². The Labute approximate surface area is 135 Å². The second kappa shape index (κ2) is 4.80. The molecule has 1 spiro atoms. The van der Waals surface area contributed by atoms with Crippen LogP contribution in [-0.2, 0) is 14.6 Å². The van der Waals surface area contributed by atoms with Gasteiger partial charge in [-0.05, 0) is 0 Å². The molecule has 0 amide bonds. The number of nitrogens with zero attached hydrogens (tertiary/aromatic N) is 3. The normalized spacial score (nSPS) is 37.8. The van der Waals surface area contributed by atoms with Crippen LogP contribution < -0.4 is 16.8 Å². The third-order valence-electron chi connectivity index (χ3n) is 4.40. The van der Waals surface area contributed by atoms with Crippen LogP contribution in [0.3, 0.4) is 0 Å². The molecule has 3 aliphatic rings. The molecule has 3 rings (SSSR count). The first kappa shape index (κ1) is 16.9. The van der Waals surface area contributed by atoms with E-state index in [-0.39, 0.29) is 10.7 Å². The Morgan fingerprint density at radius 1 is 1.50 bits per heavy atom. The van der Waals surface area contributed by atoms with Gasteiger partial charge in [-0.3, -0.25) is 15.0 Å². The first-order valence-corrected chi connectivity index (χ1v) is 8.01. The summed E-state index contributed by atoms with van der Waals surface area (Å²) in [6.45, 7) is -1.34. The number of rotatable bonds is 3. The van der Waals surface area contributed by atoms with Crippen molar-refractivity contribution in [2.45, 2.75) is 29.6 Å². The summed E-state index contributed by atoms with van der Waals surface area (Å²) in [6, 6.07) is -2.64. The number of hydrogen-bond donors (Lipinski definition) is 7. The van der Waals surface area contributed by atoms with Crippen molar-refractivity contribution < 1.29 is 37.2 Å². The summed E-state index contributed by atoms with van der Waals surface area (Å²) in [6.07, 6.45) is -1.92. The zero-order valence-electron chi connectivity index (χ0n) is 12.0. The minimum atomic E-state index is -5.05. The average molecular weight is 368 g/mol. The maximum atomic E-state index is 12.2. The van der Waals surface area contributed by atoms with E-state index in [2.05, 4.69) is 14.5 Å². The summed E-state index contributed by atoms with van der Waals surface area (Å²) in [5.41, 5.74) is 9.21. The van der Waals surface area contributed by atoms with E-state index in [0.717, 1.165) is 4.90 Å². The lowest BCUT2D eigenvalue weighted by Gasteiger charge is -2.47. The van der Waals surface area contributed by atoms with Gasteiger partial charge in [-0.2, -0.15) is 8.42 Å². The Morgan fingerprint density at radius 3 is 2.67 bits per heavy atom. The van der Waals surface area contributed by atoms with Gasteiger partial charge in [0.1, 0.15) is 12.6 Å². The van der Waals surface area contributed by atoms with Crippen molar-refractivity contribution in [3.8, 4) is 0 Å². The SMILES string of the molecule is NC1=N[C@H]2[C@H](CO)[N+]([O-])=C(N)N3C[C@@H](OS(=O)(=O)O)C(O)(O)[C@]23N1. The van der Waals surface area contributed by atoms with Crippen LogP contribution in [0.25, 0.3) is 0 Å². The van der Waals surface area contributed by atoms with Crippen molar-refractivity contribution in [3.63, 3.8) is 0 Å². The molecule has 1 fully saturated rings. The summed E-state index contributed by atoms with van der Waals surface area (Å²) >= 11 is 0. The molecule has 0 aromatic carbocycles. The van der Waals surface area contributed by atoms with Gasteiger partial charge in [-0.15, -0.1) is 0 Å². The molecule has 9 N–H and O–H groups in total. The maximum Gasteiger partial charge on any atom is 0.397 e. The lowest BCUT2D eigenvalue weighted by atomic mass is 9.86. The van der Waals surface area contributed by atoms with Crippen LogP contribution in [0, 0.1) is 5.21 Å². The van der Waals surface area contributed by atoms with E-state index in [9.17, 15) is 28.9 Å². The topological polar surface area (TPSA) is 230 Å². The highest BCUT2D eigenvalue weighted by Gasteiger charge is 2.78. The Bertz CT molecular complexity index is 736. The average Bonchev–Trinajstić information content (AvgIpc) is 2.89. The van der Waals surface area contributed by atoms with Crippen molar-refractivity contribution in [3.05, 3.63) is 5.21 Å². The van der Waals surface area contributed by atoms with E-state index < -0.39 is 59.1 Å². The number of hydrogen-bond acceptors (Lipinski definition) is 12. The predicted molar refractivity (Wildman–Crippen MR) is 75.3 cm³/mol. The van der Waals surface area contributed by atoms with Crippen molar-refractivity contribution >= 4 is 22.3 Å². The van der Waals surface area contributed by atoms with Crippen LogP contribution in [0.2, 0.25) is 0 Å². The molecule has 0 bridgehead atoms. The molecular weight excluding hydrogens is 352 g/mol. The molecule has 15 heteroatoms. The molecule has 24 heavy (non-hydrogen) atoms. The van der Waals surface area contributed by atoms with Crippen LogP contribution >= 0.6 is 0 Å². The Kier molecular flexibility index (Phi) is 3.39. The molecule has 3 heterocycles. The van der Waals surface area contributed by atoms with Gasteiger partial charge in [-0.1, -0.05) is 0 Å². The number of guanidine groups is 2. The molecule has 0 aromatic rings. The van der Waals surface area contributed by atoms with Gasteiger partial charge in [0, 0.05) is 0 Å². The van der Waals surface area contributed by atoms with E-state index in [1.54, 1.807) is 0 Å². The summed E-state index contributed by atoms with van der Waals surface area (Å²) in [7, 11) is -5.05. The number of aliphatic imine (C=N–C) groups is 1. The molecule has 1 saturated heterocycles. The van der Waals surface area contributed by atoms with Gasteiger partial charge in [0.05, 0.1) is 6.61 Å². The quantitative estimate of drug-likeness (QED) is 0.107. The Balaban J connectivity index is 2.16. The summed E-state index contributed by atoms with van der Waals surface area (Å²) < 4.78 is 35.3. The summed E-state index contributed by atoms with van der Waals surface area (Å²) in [5, 5.41) is 45.2. The van der Waals surface area contributed by atoms with Crippen LogP contribution in [0.5, 0.6) is 0 Å². The lowest BCUT2D eigenvalue weighted by Crippen LogP contribution is -2.79. The smallest absolute Gasteiger partial charge is 0.397 e. The highest BCUT2D eigenvalue weighted by atomic mass is 32.3. The molecule has 3 aliphatic heterocycles. The first-order chi connectivity index (χ1) is 11.0. The molecule has 14 nitrogen and oxygen atoms in total. The molecule has 0 unspecified atom stereocenters. The summed E-state index contributed by atoms with van der Waals surface area (Å²) in [5.74, 6) is -3.83. The second-order valence-electron chi connectivity index (χ2n) is 5.63. The van der Waals surface area contributed by atoms with Crippen molar-refractivity contribution in [1.29, 1.82) is 0 Å². The highest BCUT2D eigenvalue weighted by molar-refractivity contribution is 7.80. The van der Waals surface area contributed by atoms with Gasteiger partial charge < -0.3 is 31.6 Å². The highest BCUT2D eigenvalue weighted by Crippen LogP contribution is 2.45. The van der Waals surface area contributed by atoms with E-state index in [1.165, 1.54) is 0 Å². The van der Waals surface area contributed by atoms with E-state index in [4.69, 9.17) is 16.0 Å². The molecule has 0 aromatic heterocycles. The molecule has 0 aliphatic carbocycles. The van der Waals surface area contributed by atoms with Gasteiger partial charge in [0.2, 0.25) is 5.66 Å². The fourth-order valence-electron chi connectivity index (χ4n) is 3.44. The zero-order chi connectivity index (χ0) is 18.1. The van der Waals surface area contributed by atoms with Gasteiger partial charge in [-0.25, -0.2) is 14.1 Å². The second-order valence-corrected chi connectivity index (χ2v) is 6.68. The van der Waals surface area contributed by atoms with Gasteiger partial charge in [0.25, 0.3) is 5.79 Å². The number of aliphatic hydroxyl groups excluding tert-OH is 1. The molecule has 0 saturated carbocycles. The molecule has 136 valence electrons. The summed E-state index contributed by atoms with van der Waals surface area (Å²) in [4.78, 5) is 4.82. The van der Waals surface area contributed by atoms with E-state index in [0.29, 0.717) is 0 Å². The van der Waals surface area contributed by atoms with E-state index >= 15 is 0 Å². The minimum Gasteiger partial charge on any atom is -0.744 e. The van der Waals surface area contributed by atoms with Crippen molar-refractivity contribution in [2.24, 2.45) is 16.5 Å². The van der Waals surface area contributed by atoms with E-state index in [1.807, 2.05) is 0 Å². The van der Waals surface area contributed by atoms with Gasteiger partial charge >= 0.3 is 16.4 Å². The van der Waals surface area contributed by atoms with Crippen molar-refractivity contribution in [2.75, 3.05) is 13.2 Å². The number of hydroxylamine groups is 1. The molecule has 0 radical (unpaired) electrons. The zero-order valence-corrected chi connectivity index (χ0v) is 12.8. The molecular formula is C9H16N6O8S. The standard InChI is InChI=1S/C9H16N6O8S/c10-6-12-5-3(2-16)15(19)7(11)14-1-4(23-24(20,21)22)9(17,18)8(5,14)13-6/h3-5,16-18H,1-2,11H2,(H3,10,12,13)(H,20,21,22)/t3-,4+,5-,8-/m0/s1. The van der Waals surface area contributed by atoms with Gasteiger partial charge in [0.15, 0.2) is 18.1 Å². The minimum absolute atomic E-state index is 0.207. The lowest BCUT2D eigenvalue weighted by molar-refractivity contribution is -0.530. The fraction of sp³-hybridized carbons (Fsp3) is 0.778. The Hall–Kier alpha value is -1.91. The number of nitrogens with two attached hydrogens (primary N) is 2. The predicted octanol–water partition coefficient (Wildman–Crippen LogP) is -5.65. The van der Waals surface area contributed by atoms with Crippen LogP contribution in [-0.4, -0.2) is 92.6 Å². The van der Waals surface area contributed by atoms with Crippen LogP contribution in [0.4, 0.5) is 0 Å². The number of aliphatic hydroxyl groups is 3. The maximum absolute atomic E-state index is 12.2. The fourth-order valence-corrected chi connectivity index (χ4v) is 3.93. The first-order valence-electron chi connectivity index (χ1n) is 6.65. The third-order valence-corrected chi connectivity index (χ3v) is 4.88.